The Balaban J connectivity index is 1.21. The molecule has 0 amide bonds. The second-order valence-electron chi connectivity index (χ2n) is 11.1. The molecule has 12 atom stereocenters. The molecular weight excluding hydrogens is 332 g/mol. The van der Waals surface area contributed by atoms with Crippen LogP contribution in [0.25, 0.3) is 0 Å². The third kappa shape index (κ3) is 2.17. The first kappa shape index (κ1) is 17.3. The van der Waals surface area contributed by atoms with Crippen molar-refractivity contribution in [3.63, 3.8) is 0 Å². The summed E-state index contributed by atoms with van der Waals surface area (Å²) in [7, 11) is 0. The van der Waals surface area contributed by atoms with Gasteiger partial charge in [0.05, 0.1) is 5.92 Å². The van der Waals surface area contributed by atoms with Gasteiger partial charge in [0.15, 0.2) is 0 Å². The van der Waals surface area contributed by atoms with Crippen molar-refractivity contribution in [1.82, 2.24) is 0 Å². The first-order valence-corrected chi connectivity index (χ1v) is 11.8. The number of carbonyl (C=O) groups excluding carboxylic acids is 1. The maximum absolute atomic E-state index is 13.4. The van der Waals surface area contributed by atoms with Crippen LogP contribution in [0.5, 0.6) is 0 Å². The minimum absolute atomic E-state index is 0.0922. The van der Waals surface area contributed by atoms with E-state index in [-0.39, 0.29) is 29.3 Å². The molecule has 12 unspecified atom stereocenters. The van der Waals surface area contributed by atoms with Crippen LogP contribution in [0, 0.1) is 78.9 Å². The van der Waals surface area contributed by atoms with Crippen molar-refractivity contribution in [3.8, 4) is 0 Å². The Bertz CT molecular complexity index is 642. The minimum atomic E-state index is -0.150. The van der Waals surface area contributed by atoms with Crippen LogP contribution in [0.1, 0.15) is 64.7 Å². The van der Waals surface area contributed by atoms with Crippen molar-refractivity contribution in [3.05, 3.63) is 13.8 Å². The molecule has 4 bridgehead atoms. The van der Waals surface area contributed by atoms with E-state index in [2.05, 4.69) is 6.92 Å². The highest BCUT2D eigenvalue weighted by molar-refractivity contribution is 5.74. The molecule has 0 aromatic heterocycles. The number of hydrogen-bond acceptors (Lipinski definition) is 2. The third-order valence-electron chi connectivity index (χ3n) is 10.5. The standard InChI is InChI=1S/C25H34O2/c1-4-25(12-16-11-21(25)18-7-5-6-17(16)18)27-24(26)20-10-15-9-19(20)23-14(3)8-13(2)22(15)23/h2-3,13-23H,4-12H2,1H3. The molecule has 0 N–H and O–H groups in total. The molecule has 6 saturated carbocycles. The number of rotatable bonds is 3. The molecule has 6 rings (SSSR count). The Kier molecular flexibility index (Phi) is 3.70. The van der Waals surface area contributed by atoms with Gasteiger partial charge in [0.2, 0.25) is 0 Å². The van der Waals surface area contributed by atoms with Crippen molar-refractivity contribution in [2.45, 2.75) is 70.3 Å². The van der Waals surface area contributed by atoms with Crippen LogP contribution in [0.15, 0.2) is 0 Å². The lowest BCUT2D eigenvalue weighted by Gasteiger charge is -2.43. The van der Waals surface area contributed by atoms with Crippen LogP contribution < -0.4 is 0 Å². The van der Waals surface area contributed by atoms with Gasteiger partial charge in [0.25, 0.3) is 0 Å². The molecule has 0 spiro atoms. The van der Waals surface area contributed by atoms with Crippen LogP contribution in [0.4, 0.5) is 0 Å². The van der Waals surface area contributed by atoms with Crippen molar-refractivity contribution >= 4 is 5.97 Å². The SMILES string of the molecule is [CH]C1CC([CH])C2C3CC(CC3C(=O)OC3(CC)CC4CC3C3CCCC43)C12. The molecule has 4 radical (unpaired) electrons. The molecule has 6 aliphatic carbocycles. The second-order valence-corrected chi connectivity index (χ2v) is 11.1. The lowest BCUT2D eigenvalue weighted by atomic mass is 9.70. The minimum Gasteiger partial charge on any atom is -0.459 e. The Morgan fingerprint density at radius 1 is 0.963 bits per heavy atom. The van der Waals surface area contributed by atoms with E-state index in [0.717, 1.165) is 49.9 Å². The van der Waals surface area contributed by atoms with Crippen LogP contribution in [0.3, 0.4) is 0 Å². The summed E-state index contributed by atoms with van der Waals surface area (Å²) in [6.07, 6.45) is 10.7. The fourth-order valence-electron chi connectivity index (χ4n) is 9.67. The van der Waals surface area contributed by atoms with E-state index in [1.54, 1.807) is 0 Å². The summed E-state index contributed by atoms with van der Waals surface area (Å²) in [5.74, 6) is 5.97. The maximum atomic E-state index is 13.4. The van der Waals surface area contributed by atoms with Gasteiger partial charge in [-0.2, -0.15) is 0 Å². The van der Waals surface area contributed by atoms with E-state index in [0.29, 0.717) is 29.6 Å². The average Bonchev–Trinajstić information content (AvgIpc) is 3.44. The summed E-state index contributed by atoms with van der Waals surface area (Å²) >= 11 is 0. The van der Waals surface area contributed by atoms with E-state index >= 15 is 0 Å². The van der Waals surface area contributed by atoms with E-state index < -0.39 is 0 Å². The van der Waals surface area contributed by atoms with Crippen LogP contribution >= 0.6 is 0 Å². The third-order valence-corrected chi connectivity index (χ3v) is 10.5. The fraction of sp³-hybridized carbons (Fsp3) is 0.880. The van der Waals surface area contributed by atoms with Gasteiger partial charge in [0.1, 0.15) is 5.60 Å². The monoisotopic (exact) mass is 366 g/mol. The van der Waals surface area contributed by atoms with E-state index in [1.165, 1.54) is 25.7 Å². The summed E-state index contributed by atoms with van der Waals surface area (Å²) in [4.78, 5) is 13.4. The van der Waals surface area contributed by atoms with Gasteiger partial charge in [-0.15, -0.1) is 0 Å². The van der Waals surface area contributed by atoms with Gasteiger partial charge in [-0.3, -0.25) is 4.79 Å². The van der Waals surface area contributed by atoms with Crippen LogP contribution in [0.2, 0.25) is 0 Å². The second kappa shape index (κ2) is 5.76. The molecule has 6 fully saturated rings. The molecule has 0 heterocycles. The zero-order chi connectivity index (χ0) is 18.5. The van der Waals surface area contributed by atoms with Crippen molar-refractivity contribution in [1.29, 1.82) is 0 Å². The highest BCUT2D eigenvalue weighted by Gasteiger charge is 2.64. The summed E-state index contributed by atoms with van der Waals surface area (Å²) in [5.41, 5.74) is -0.150. The molecule has 2 heteroatoms. The van der Waals surface area contributed by atoms with Crippen molar-refractivity contribution in [2.24, 2.45) is 65.1 Å². The first-order chi connectivity index (χ1) is 13.0. The molecule has 2 nitrogen and oxygen atoms in total. The van der Waals surface area contributed by atoms with Crippen molar-refractivity contribution in [2.75, 3.05) is 0 Å². The molecule has 0 saturated heterocycles. The molecule has 6 aliphatic rings. The quantitative estimate of drug-likeness (QED) is 0.651. The van der Waals surface area contributed by atoms with Crippen LogP contribution in [-0.4, -0.2) is 11.6 Å². The van der Waals surface area contributed by atoms with Gasteiger partial charge in [-0.1, -0.05) is 13.3 Å². The zero-order valence-corrected chi connectivity index (χ0v) is 16.7. The average molecular weight is 367 g/mol. The van der Waals surface area contributed by atoms with E-state index in [4.69, 9.17) is 18.6 Å². The van der Waals surface area contributed by atoms with Gasteiger partial charge < -0.3 is 4.74 Å². The summed E-state index contributed by atoms with van der Waals surface area (Å²) in [5, 5.41) is 0. The van der Waals surface area contributed by atoms with Crippen molar-refractivity contribution < 1.29 is 9.53 Å². The molecule has 27 heavy (non-hydrogen) atoms. The lowest BCUT2D eigenvalue weighted by Crippen LogP contribution is -2.47. The number of hydrogen-bond donors (Lipinski definition) is 0. The number of esters is 1. The fourth-order valence-corrected chi connectivity index (χ4v) is 9.67. The van der Waals surface area contributed by atoms with Gasteiger partial charge >= 0.3 is 5.97 Å². The van der Waals surface area contributed by atoms with Crippen LogP contribution in [-0.2, 0) is 9.53 Å². The number of ether oxygens (including phenoxy) is 1. The Morgan fingerprint density at radius 2 is 1.74 bits per heavy atom. The molecule has 146 valence electrons. The Hall–Kier alpha value is -0.530. The number of fused-ring (bicyclic) bond motifs is 10. The Labute approximate surface area is 165 Å². The zero-order valence-electron chi connectivity index (χ0n) is 16.7. The van der Waals surface area contributed by atoms with E-state index in [1.807, 2.05) is 0 Å². The lowest BCUT2D eigenvalue weighted by molar-refractivity contribution is -0.178. The molecule has 0 aromatic carbocycles. The van der Waals surface area contributed by atoms with Gasteiger partial charge in [-0.05, 0) is 118 Å². The summed E-state index contributed by atoms with van der Waals surface area (Å²) < 4.78 is 6.53. The summed E-state index contributed by atoms with van der Waals surface area (Å²) in [6, 6.07) is 0. The highest BCUT2D eigenvalue weighted by atomic mass is 16.6. The maximum Gasteiger partial charge on any atom is 0.309 e. The molecular formula is C25H34O2. The highest BCUT2D eigenvalue weighted by Crippen LogP contribution is 2.66. The number of carbonyl (C=O) groups is 1. The summed E-state index contributed by atoms with van der Waals surface area (Å²) in [6.45, 7) is 15.1. The topological polar surface area (TPSA) is 26.3 Å². The van der Waals surface area contributed by atoms with E-state index in [9.17, 15) is 4.79 Å². The predicted octanol–water partition coefficient (Wildman–Crippen LogP) is 5.08. The Morgan fingerprint density at radius 3 is 2.56 bits per heavy atom. The molecule has 0 aromatic rings. The first-order valence-electron chi connectivity index (χ1n) is 11.8. The molecule has 0 aliphatic heterocycles. The normalized spacial score (nSPS) is 60.0. The smallest absolute Gasteiger partial charge is 0.309 e. The predicted molar refractivity (Wildman–Crippen MR) is 103 cm³/mol. The van der Waals surface area contributed by atoms with Gasteiger partial charge in [0, 0.05) is 5.92 Å². The van der Waals surface area contributed by atoms with Gasteiger partial charge in [-0.25, -0.2) is 0 Å². The largest absolute Gasteiger partial charge is 0.459 e.